The fourth-order valence-electron chi connectivity index (χ4n) is 1.60. The van der Waals surface area contributed by atoms with E-state index >= 15 is 0 Å². The number of rotatable bonds is 7. The molecule has 86 valence electrons. The summed E-state index contributed by atoms with van der Waals surface area (Å²) in [7, 11) is 1.67. The highest BCUT2D eigenvalue weighted by Gasteiger charge is 2.32. The van der Waals surface area contributed by atoms with Crippen LogP contribution in [-0.2, 0) is 9.47 Å². The molecule has 3 heteroatoms. The third-order valence-corrected chi connectivity index (χ3v) is 2.54. The second-order valence-corrected chi connectivity index (χ2v) is 4.24. The first-order valence-corrected chi connectivity index (χ1v) is 5.26. The number of aliphatic hydroxyl groups excluding tert-OH is 1. The smallest absolute Gasteiger partial charge is 0.0886 e. The van der Waals surface area contributed by atoms with E-state index in [1.165, 1.54) is 0 Å². The lowest BCUT2D eigenvalue weighted by Gasteiger charge is -2.34. The zero-order valence-corrected chi connectivity index (χ0v) is 10.0. The third kappa shape index (κ3) is 4.40. The molecule has 3 nitrogen and oxygen atoms in total. The molecular weight excluding hydrogens is 180 g/mol. The number of hydrogen-bond acceptors (Lipinski definition) is 3. The number of aliphatic hydroxyl groups is 1. The zero-order valence-electron chi connectivity index (χ0n) is 10.0. The molecule has 0 aromatic heterocycles. The van der Waals surface area contributed by atoms with Crippen molar-refractivity contribution in [3.8, 4) is 0 Å². The topological polar surface area (TPSA) is 38.7 Å². The molecule has 0 spiro atoms. The average Bonchev–Trinajstić information content (AvgIpc) is 2.12. The Bertz CT molecular complexity index is 145. The fraction of sp³-hybridized carbons (Fsp3) is 1.00. The largest absolute Gasteiger partial charge is 0.390 e. The van der Waals surface area contributed by atoms with Crippen LogP contribution in [0.15, 0.2) is 0 Å². The van der Waals surface area contributed by atoms with Gasteiger partial charge in [0, 0.05) is 20.3 Å². The molecule has 0 aliphatic rings. The average molecular weight is 204 g/mol. The summed E-state index contributed by atoms with van der Waals surface area (Å²) >= 11 is 0. The Morgan fingerprint density at radius 1 is 1.36 bits per heavy atom. The van der Waals surface area contributed by atoms with Crippen LogP contribution in [0.4, 0.5) is 0 Å². The van der Waals surface area contributed by atoms with Gasteiger partial charge in [-0.05, 0) is 33.1 Å². The Morgan fingerprint density at radius 3 is 2.36 bits per heavy atom. The lowest BCUT2D eigenvalue weighted by Crippen LogP contribution is -2.43. The molecule has 0 aliphatic carbocycles. The SMILES string of the molecule is CCOC(C)(C)C(O)C(C)CCOC. The lowest BCUT2D eigenvalue weighted by atomic mass is 9.89. The minimum Gasteiger partial charge on any atom is -0.390 e. The highest BCUT2D eigenvalue weighted by atomic mass is 16.5. The van der Waals surface area contributed by atoms with Crippen molar-refractivity contribution in [2.75, 3.05) is 20.3 Å². The highest BCUT2D eigenvalue weighted by molar-refractivity contribution is 4.82. The van der Waals surface area contributed by atoms with Crippen molar-refractivity contribution in [1.82, 2.24) is 0 Å². The van der Waals surface area contributed by atoms with E-state index in [2.05, 4.69) is 0 Å². The van der Waals surface area contributed by atoms with Crippen molar-refractivity contribution in [1.29, 1.82) is 0 Å². The molecule has 0 rings (SSSR count). The standard InChI is InChI=1S/C11H24O3/c1-6-14-11(3,4)10(12)9(2)7-8-13-5/h9-10,12H,6-8H2,1-5H3. The van der Waals surface area contributed by atoms with Crippen molar-refractivity contribution >= 4 is 0 Å². The molecule has 0 heterocycles. The molecule has 2 atom stereocenters. The maximum absolute atomic E-state index is 10.0. The molecule has 2 unspecified atom stereocenters. The van der Waals surface area contributed by atoms with Gasteiger partial charge in [-0.3, -0.25) is 0 Å². The minimum absolute atomic E-state index is 0.191. The first kappa shape index (κ1) is 13.9. The van der Waals surface area contributed by atoms with Crippen LogP contribution in [0.5, 0.6) is 0 Å². The Hall–Kier alpha value is -0.120. The normalized spacial score (nSPS) is 16.7. The summed E-state index contributed by atoms with van der Waals surface area (Å²) < 4.78 is 10.5. The van der Waals surface area contributed by atoms with E-state index < -0.39 is 11.7 Å². The summed E-state index contributed by atoms with van der Waals surface area (Å²) in [6.45, 7) is 9.11. The van der Waals surface area contributed by atoms with E-state index in [0.717, 1.165) is 6.42 Å². The van der Waals surface area contributed by atoms with E-state index in [-0.39, 0.29) is 5.92 Å². The van der Waals surface area contributed by atoms with Gasteiger partial charge < -0.3 is 14.6 Å². The Balaban J connectivity index is 4.07. The van der Waals surface area contributed by atoms with Gasteiger partial charge in [0.15, 0.2) is 0 Å². The van der Waals surface area contributed by atoms with Crippen LogP contribution in [0.3, 0.4) is 0 Å². The second kappa shape index (κ2) is 6.38. The quantitative estimate of drug-likeness (QED) is 0.687. The summed E-state index contributed by atoms with van der Waals surface area (Å²) in [4.78, 5) is 0. The molecule has 0 saturated carbocycles. The van der Waals surface area contributed by atoms with Gasteiger partial charge in [-0.25, -0.2) is 0 Å². The van der Waals surface area contributed by atoms with Gasteiger partial charge in [-0.15, -0.1) is 0 Å². The zero-order chi connectivity index (χ0) is 11.2. The third-order valence-electron chi connectivity index (χ3n) is 2.54. The van der Waals surface area contributed by atoms with E-state index in [9.17, 15) is 5.11 Å². The van der Waals surface area contributed by atoms with Gasteiger partial charge in [0.2, 0.25) is 0 Å². The van der Waals surface area contributed by atoms with Gasteiger partial charge in [-0.2, -0.15) is 0 Å². The van der Waals surface area contributed by atoms with E-state index in [1.807, 2.05) is 27.7 Å². The monoisotopic (exact) mass is 204 g/mol. The molecule has 0 fully saturated rings. The van der Waals surface area contributed by atoms with Crippen LogP contribution < -0.4 is 0 Å². The number of methoxy groups -OCH3 is 1. The van der Waals surface area contributed by atoms with Crippen LogP contribution in [0, 0.1) is 5.92 Å². The molecule has 0 aromatic rings. The molecule has 0 amide bonds. The van der Waals surface area contributed by atoms with Crippen LogP contribution in [0.25, 0.3) is 0 Å². The fourth-order valence-corrected chi connectivity index (χ4v) is 1.60. The summed E-state index contributed by atoms with van der Waals surface area (Å²) in [5.74, 6) is 0.191. The van der Waals surface area contributed by atoms with Crippen LogP contribution in [0.1, 0.15) is 34.1 Å². The molecule has 0 saturated heterocycles. The lowest BCUT2D eigenvalue weighted by molar-refractivity contribution is -0.117. The molecule has 0 bridgehead atoms. The molecule has 0 aromatic carbocycles. The molecule has 0 aliphatic heterocycles. The van der Waals surface area contributed by atoms with Crippen molar-refractivity contribution in [3.63, 3.8) is 0 Å². The summed E-state index contributed by atoms with van der Waals surface area (Å²) in [6.07, 6.45) is 0.409. The van der Waals surface area contributed by atoms with Gasteiger partial charge >= 0.3 is 0 Å². The van der Waals surface area contributed by atoms with Gasteiger partial charge in [0.25, 0.3) is 0 Å². The summed E-state index contributed by atoms with van der Waals surface area (Å²) in [5.41, 5.74) is -0.470. The Morgan fingerprint density at radius 2 is 1.93 bits per heavy atom. The molecule has 1 N–H and O–H groups in total. The first-order valence-electron chi connectivity index (χ1n) is 5.26. The van der Waals surface area contributed by atoms with Crippen LogP contribution in [0.2, 0.25) is 0 Å². The van der Waals surface area contributed by atoms with Gasteiger partial charge in [0.05, 0.1) is 11.7 Å². The molecule has 14 heavy (non-hydrogen) atoms. The van der Waals surface area contributed by atoms with Crippen molar-refractivity contribution in [2.24, 2.45) is 5.92 Å². The van der Waals surface area contributed by atoms with Crippen molar-refractivity contribution < 1.29 is 14.6 Å². The van der Waals surface area contributed by atoms with E-state index in [4.69, 9.17) is 9.47 Å². The van der Waals surface area contributed by atoms with Crippen LogP contribution in [-0.4, -0.2) is 37.1 Å². The van der Waals surface area contributed by atoms with E-state index in [1.54, 1.807) is 7.11 Å². The van der Waals surface area contributed by atoms with Gasteiger partial charge in [0.1, 0.15) is 0 Å². The van der Waals surface area contributed by atoms with Crippen molar-refractivity contribution in [3.05, 3.63) is 0 Å². The Kier molecular flexibility index (Phi) is 6.33. The summed E-state index contributed by atoms with van der Waals surface area (Å²) in [5, 5.41) is 10.0. The summed E-state index contributed by atoms with van der Waals surface area (Å²) in [6, 6.07) is 0. The minimum atomic E-state index is -0.470. The second-order valence-electron chi connectivity index (χ2n) is 4.24. The molecular formula is C11H24O3. The number of hydrogen-bond donors (Lipinski definition) is 1. The predicted octanol–water partition coefficient (Wildman–Crippen LogP) is 1.83. The van der Waals surface area contributed by atoms with E-state index in [0.29, 0.717) is 13.2 Å². The molecule has 0 radical (unpaired) electrons. The van der Waals surface area contributed by atoms with Gasteiger partial charge in [-0.1, -0.05) is 6.92 Å². The van der Waals surface area contributed by atoms with Crippen LogP contribution >= 0.6 is 0 Å². The number of ether oxygens (including phenoxy) is 2. The Labute approximate surface area is 87.4 Å². The van der Waals surface area contributed by atoms with Crippen molar-refractivity contribution in [2.45, 2.75) is 45.8 Å². The predicted molar refractivity (Wildman–Crippen MR) is 57.4 cm³/mol. The maximum atomic E-state index is 10.0. The highest BCUT2D eigenvalue weighted by Crippen LogP contribution is 2.23. The maximum Gasteiger partial charge on any atom is 0.0886 e. The first-order chi connectivity index (χ1) is 6.45.